The molecular weight excluding hydrogens is 224 g/mol. The molecule has 16 heavy (non-hydrogen) atoms. The summed E-state index contributed by atoms with van der Waals surface area (Å²) in [7, 11) is 2.16. The topological polar surface area (TPSA) is 28.4 Å². The van der Waals surface area contributed by atoms with Gasteiger partial charge in [0.25, 0.3) is 0 Å². The molecule has 1 rings (SSSR count). The van der Waals surface area contributed by atoms with Gasteiger partial charge in [0.2, 0.25) is 0 Å². The molecule has 94 valence electrons. The smallest absolute Gasteiger partial charge is 0.117 e. The third-order valence-electron chi connectivity index (χ3n) is 2.63. The van der Waals surface area contributed by atoms with Gasteiger partial charge in [-0.2, -0.15) is 0 Å². The highest BCUT2D eigenvalue weighted by molar-refractivity contribution is 5.85. The molecule has 1 aromatic rings. The van der Waals surface area contributed by atoms with Crippen molar-refractivity contribution in [3.8, 4) is 0 Å². The first-order valence-corrected chi connectivity index (χ1v) is 5.63. The Morgan fingerprint density at radius 3 is 2.75 bits per heavy atom. The maximum atomic E-state index is 5.23. The summed E-state index contributed by atoms with van der Waals surface area (Å²) in [5, 5.41) is 3.36. The first kappa shape index (κ1) is 15.5. The van der Waals surface area contributed by atoms with Crippen molar-refractivity contribution in [2.45, 2.75) is 32.9 Å². The number of hydrogen-bond acceptors (Lipinski definition) is 3. The molecule has 0 bridgehead atoms. The molecule has 0 atom stereocenters. The Morgan fingerprint density at radius 1 is 1.44 bits per heavy atom. The van der Waals surface area contributed by atoms with Gasteiger partial charge in [-0.05, 0) is 52.5 Å². The highest BCUT2D eigenvalue weighted by Crippen LogP contribution is 1.99. The van der Waals surface area contributed by atoms with Gasteiger partial charge in [0.15, 0.2) is 0 Å². The molecule has 3 nitrogen and oxygen atoms in total. The summed E-state index contributed by atoms with van der Waals surface area (Å²) in [5.74, 6) is 1.01. The first-order chi connectivity index (χ1) is 7.20. The van der Waals surface area contributed by atoms with Crippen LogP contribution in [0.1, 0.15) is 26.0 Å². The summed E-state index contributed by atoms with van der Waals surface area (Å²) in [4.78, 5) is 2.36. The summed E-state index contributed by atoms with van der Waals surface area (Å²) in [6.07, 6.45) is 2.89. The van der Waals surface area contributed by atoms with Crippen molar-refractivity contribution in [2.75, 3.05) is 20.1 Å². The first-order valence-electron chi connectivity index (χ1n) is 5.63. The Kier molecular flexibility index (Phi) is 8.35. The van der Waals surface area contributed by atoms with Crippen LogP contribution in [0.15, 0.2) is 22.8 Å². The van der Waals surface area contributed by atoms with Crippen LogP contribution in [0.2, 0.25) is 0 Å². The van der Waals surface area contributed by atoms with Gasteiger partial charge < -0.3 is 14.6 Å². The molecule has 0 saturated carbocycles. The van der Waals surface area contributed by atoms with Gasteiger partial charge in [0, 0.05) is 6.04 Å². The molecule has 1 aromatic heterocycles. The number of nitrogens with zero attached hydrogens (tertiary/aromatic N) is 1. The fourth-order valence-electron chi connectivity index (χ4n) is 1.34. The van der Waals surface area contributed by atoms with E-state index in [1.807, 2.05) is 12.1 Å². The summed E-state index contributed by atoms with van der Waals surface area (Å²) < 4.78 is 5.23. The molecule has 4 heteroatoms. The normalized spacial score (nSPS) is 10.8. The van der Waals surface area contributed by atoms with E-state index < -0.39 is 0 Å². The molecule has 1 heterocycles. The minimum atomic E-state index is 0. The van der Waals surface area contributed by atoms with Crippen LogP contribution < -0.4 is 5.32 Å². The lowest BCUT2D eigenvalue weighted by Gasteiger charge is -2.20. The Bertz CT molecular complexity index is 250. The van der Waals surface area contributed by atoms with E-state index in [0.717, 1.165) is 25.4 Å². The maximum Gasteiger partial charge on any atom is 0.117 e. The molecule has 0 saturated heterocycles. The zero-order valence-corrected chi connectivity index (χ0v) is 11.2. The van der Waals surface area contributed by atoms with Crippen LogP contribution >= 0.6 is 12.4 Å². The van der Waals surface area contributed by atoms with E-state index in [0.29, 0.717) is 6.04 Å². The largest absolute Gasteiger partial charge is 0.468 e. The fourth-order valence-corrected chi connectivity index (χ4v) is 1.34. The SMILES string of the molecule is CC(C)N(C)CCCNCc1ccco1.Cl. The lowest BCUT2D eigenvalue weighted by Crippen LogP contribution is -2.29. The van der Waals surface area contributed by atoms with Gasteiger partial charge in [-0.1, -0.05) is 0 Å². The van der Waals surface area contributed by atoms with Crippen molar-refractivity contribution < 1.29 is 4.42 Å². The number of hydrogen-bond donors (Lipinski definition) is 1. The second-order valence-electron chi connectivity index (χ2n) is 4.18. The number of rotatable bonds is 7. The summed E-state index contributed by atoms with van der Waals surface area (Å²) in [6.45, 7) is 7.45. The average Bonchev–Trinajstić information content (AvgIpc) is 2.69. The molecule has 0 aliphatic rings. The van der Waals surface area contributed by atoms with Crippen LogP contribution in [0.4, 0.5) is 0 Å². The summed E-state index contributed by atoms with van der Waals surface area (Å²) in [5.41, 5.74) is 0. The Hall–Kier alpha value is -0.510. The molecule has 0 aliphatic carbocycles. The highest BCUT2D eigenvalue weighted by Gasteiger charge is 2.01. The van der Waals surface area contributed by atoms with Crippen molar-refractivity contribution in [1.82, 2.24) is 10.2 Å². The number of furan rings is 1. The van der Waals surface area contributed by atoms with Crippen molar-refractivity contribution in [1.29, 1.82) is 0 Å². The quantitative estimate of drug-likeness (QED) is 0.750. The van der Waals surface area contributed by atoms with Gasteiger partial charge in [-0.15, -0.1) is 12.4 Å². The molecule has 0 unspecified atom stereocenters. The van der Waals surface area contributed by atoms with Crippen LogP contribution in [0.3, 0.4) is 0 Å². The van der Waals surface area contributed by atoms with Crippen LogP contribution in [0.5, 0.6) is 0 Å². The van der Waals surface area contributed by atoms with E-state index in [1.165, 1.54) is 6.42 Å². The molecule has 0 spiro atoms. The molecule has 0 amide bonds. The van der Waals surface area contributed by atoms with Crippen LogP contribution in [-0.4, -0.2) is 31.1 Å². The van der Waals surface area contributed by atoms with E-state index in [1.54, 1.807) is 6.26 Å². The minimum absolute atomic E-state index is 0. The third-order valence-corrected chi connectivity index (χ3v) is 2.63. The van der Waals surface area contributed by atoms with Crippen molar-refractivity contribution >= 4 is 12.4 Å². The average molecular weight is 247 g/mol. The van der Waals surface area contributed by atoms with Crippen LogP contribution in [0.25, 0.3) is 0 Å². The van der Waals surface area contributed by atoms with E-state index in [-0.39, 0.29) is 12.4 Å². The molecule has 0 fully saturated rings. The van der Waals surface area contributed by atoms with E-state index in [4.69, 9.17) is 4.42 Å². The van der Waals surface area contributed by atoms with Gasteiger partial charge in [-0.25, -0.2) is 0 Å². The lowest BCUT2D eigenvalue weighted by molar-refractivity contribution is 0.269. The van der Waals surface area contributed by atoms with Crippen molar-refractivity contribution in [2.24, 2.45) is 0 Å². The predicted octanol–water partition coefficient (Wildman–Crippen LogP) is 2.52. The Morgan fingerprint density at radius 2 is 2.19 bits per heavy atom. The number of nitrogens with one attached hydrogen (secondary N) is 1. The van der Waals surface area contributed by atoms with Gasteiger partial charge in [0.05, 0.1) is 12.8 Å². The van der Waals surface area contributed by atoms with E-state index in [9.17, 15) is 0 Å². The van der Waals surface area contributed by atoms with Gasteiger partial charge in [-0.3, -0.25) is 0 Å². The third kappa shape index (κ3) is 6.16. The zero-order valence-electron chi connectivity index (χ0n) is 10.4. The molecule has 0 aromatic carbocycles. The molecule has 0 radical (unpaired) electrons. The van der Waals surface area contributed by atoms with Gasteiger partial charge >= 0.3 is 0 Å². The molecule has 0 aliphatic heterocycles. The Balaban J connectivity index is 0.00000225. The predicted molar refractivity (Wildman–Crippen MR) is 70.0 cm³/mol. The molecular formula is C12H23ClN2O. The van der Waals surface area contributed by atoms with E-state index in [2.05, 4.69) is 31.1 Å². The zero-order chi connectivity index (χ0) is 11.1. The second kappa shape index (κ2) is 8.62. The fraction of sp³-hybridized carbons (Fsp3) is 0.667. The van der Waals surface area contributed by atoms with Crippen molar-refractivity contribution in [3.63, 3.8) is 0 Å². The lowest BCUT2D eigenvalue weighted by atomic mass is 10.3. The van der Waals surface area contributed by atoms with Crippen LogP contribution in [0, 0.1) is 0 Å². The standard InChI is InChI=1S/C12H22N2O.ClH/c1-11(2)14(3)8-5-7-13-10-12-6-4-9-15-12;/h4,6,9,11,13H,5,7-8,10H2,1-3H3;1H. The van der Waals surface area contributed by atoms with Crippen molar-refractivity contribution in [3.05, 3.63) is 24.2 Å². The summed E-state index contributed by atoms with van der Waals surface area (Å²) in [6, 6.07) is 4.55. The maximum absolute atomic E-state index is 5.23. The second-order valence-corrected chi connectivity index (χ2v) is 4.18. The van der Waals surface area contributed by atoms with Gasteiger partial charge in [0.1, 0.15) is 5.76 Å². The minimum Gasteiger partial charge on any atom is -0.468 e. The van der Waals surface area contributed by atoms with E-state index >= 15 is 0 Å². The molecule has 1 N–H and O–H groups in total. The number of halogens is 1. The Labute approximate surface area is 105 Å². The highest BCUT2D eigenvalue weighted by atomic mass is 35.5. The van der Waals surface area contributed by atoms with Crippen LogP contribution in [-0.2, 0) is 6.54 Å². The monoisotopic (exact) mass is 246 g/mol. The summed E-state index contributed by atoms with van der Waals surface area (Å²) >= 11 is 0.